The van der Waals surface area contributed by atoms with Gasteiger partial charge < -0.3 is 10.6 Å². The van der Waals surface area contributed by atoms with E-state index in [1.165, 1.54) is 22.0 Å². The van der Waals surface area contributed by atoms with Crippen molar-refractivity contribution in [3.8, 4) is 17.1 Å². The van der Waals surface area contributed by atoms with Gasteiger partial charge in [-0.05, 0) is 36.1 Å². The molecule has 0 atom stereocenters. The van der Waals surface area contributed by atoms with Gasteiger partial charge >= 0.3 is 0 Å². The van der Waals surface area contributed by atoms with E-state index >= 15 is 0 Å². The Bertz CT molecular complexity index is 1020. The highest BCUT2D eigenvalue weighted by Crippen LogP contribution is 2.30. The Kier molecular flexibility index (Phi) is 5.98. The van der Waals surface area contributed by atoms with Crippen LogP contribution in [0, 0.1) is 0 Å². The highest BCUT2D eigenvalue weighted by molar-refractivity contribution is 7.98. The number of ketones is 1. The van der Waals surface area contributed by atoms with Crippen molar-refractivity contribution in [2.24, 2.45) is 0 Å². The molecule has 0 bridgehead atoms. The van der Waals surface area contributed by atoms with E-state index in [2.05, 4.69) is 43.1 Å². The van der Waals surface area contributed by atoms with E-state index < -0.39 is 0 Å². The molecule has 1 aromatic heterocycles. The number of benzene rings is 2. The zero-order valence-corrected chi connectivity index (χ0v) is 18.2. The second kappa shape index (κ2) is 8.29. The van der Waals surface area contributed by atoms with E-state index in [9.17, 15) is 4.79 Å². The van der Waals surface area contributed by atoms with Crippen LogP contribution in [0.4, 0.5) is 0 Å². The quantitative estimate of drug-likeness (QED) is 0.367. The van der Waals surface area contributed by atoms with Gasteiger partial charge in [0.05, 0.1) is 7.11 Å². The molecule has 2 aromatic carbocycles. The standard InChI is InChI=1S/C22H26N4O2S/c1-14(27)16-8-11-19(28-5)17(12-16)13-29-21-25-24-20(26(21)23)15-6-9-18(10-7-15)22(2,3)4/h6-12H,13,23H2,1-5H3. The Labute approximate surface area is 175 Å². The van der Waals surface area contributed by atoms with Gasteiger partial charge in [0.2, 0.25) is 5.16 Å². The molecule has 152 valence electrons. The van der Waals surface area contributed by atoms with E-state index in [1.54, 1.807) is 20.1 Å². The van der Waals surface area contributed by atoms with Crippen molar-refractivity contribution in [2.45, 2.75) is 44.0 Å². The van der Waals surface area contributed by atoms with Crippen molar-refractivity contribution in [3.63, 3.8) is 0 Å². The minimum atomic E-state index is 0.0156. The first-order valence-corrected chi connectivity index (χ1v) is 10.3. The lowest BCUT2D eigenvalue weighted by Crippen LogP contribution is -2.12. The van der Waals surface area contributed by atoms with E-state index in [-0.39, 0.29) is 11.2 Å². The largest absolute Gasteiger partial charge is 0.496 e. The molecule has 0 aliphatic heterocycles. The van der Waals surface area contributed by atoms with Gasteiger partial charge in [0.1, 0.15) is 5.75 Å². The Balaban J connectivity index is 1.80. The van der Waals surface area contributed by atoms with Crippen molar-refractivity contribution in [3.05, 3.63) is 59.2 Å². The number of Topliss-reactive ketones (excluding diaryl/α,β-unsaturated/α-hetero) is 1. The molecule has 3 rings (SSSR count). The van der Waals surface area contributed by atoms with Crippen molar-refractivity contribution < 1.29 is 9.53 Å². The van der Waals surface area contributed by atoms with Gasteiger partial charge in [0, 0.05) is 22.4 Å². The van der Waals surface area contributed by atoms with Crippen LogP contribution in [0.5, 0.6) is 5.75 Å². The lowest BCUT2D eigenvalue weighted by molar-refractivity contribution is 0.101. The Morgan fingerprint density at radius 3 is 2.41 bits per heavy atom. The molecule has 29 heavy (non-hydrogen) atoms. The highest BCUT2D eigenvalue weighted by Gasteiger charge is 2.17. The Morgan fingerprint density at radius 2 is 1.83 bits per heavy atom. The Hall–Kier alpha value is -2.80. The summed E-state index contributed by atoms with van der Waals surface area (Å²) in [4.78, 5) is 11.7. The number of aromatic nitrogens is 3. The number of nitrogens with zero attached hydrogens (tertiary/aromatic N) is 3. The predicted molar refractivity (Wildman–Crippen MR) is 117 cm³/mol. The number of methoxy groups -OCH3 is 1. The zero-order valence-electron chi connectivity index (χ0n) is 17.4. The van der Waals surface area contributed by atoms with Gasteiger partial charge in [-0.15, -0.1) is 10.2 Å². The van der Waals surface area contributed by atoms with Gasteiger partial charge in [0.15, 0.2) is 11.6 Å². The molecule has 0 aliphatic carbocycles. The number of rotatable bonds is 6. The fourth-order valence-corrected chi connectivity index (χ4v) is 3.78. The summed E-state index contributed by atoms with van der Waals surface area (Å²) in [6.07, 6.45) is 0. The van der Waals surface area contributed by atoms with Crippen LogP contribution in [-0.4, -0.2) is 27.8 Å². The third-order valence-corrected chi connectivity index (χ3v) is 5.71. The summed E-state index contributed by atoms with van der Waals surface area (Å²) in [6, 6.07) is 13.6. The first-order valence-electron chi connectivity index (χ1n) is 9.32. The molecule has 0 fully saturated rings. The topological polar surface area (TPSA) is 83.0 Å². The number of nitrogens with two attached hydrogens (primary N) is 1. The van der Waals surface area contributed by atoms with Crippen LogP contribution in [-0.2, 0) is 11.2 Å². The molecule has 7 heteroatoms. The average Bonchev–Trinajstić information content (AvgIpc) is 3.06. The number of ether oxygens (including phenoxy) is 1. The van der Waals surface area contributed by atoms with Crippen molar-refractivity contribution >= 4 is 17.5 Å². The molecule has 2 N–H and O–H groups in total. The monoisotopic (exact) mass is 410 g/mol. The number of nitrogen functional groups attached to an aromatic ring is 1. The molecule has 0 radical (unpaired) electrons. The van der Waals surface area contributed by atoms with E-state index in [0.29, 0.717) is 22.3 Å². The van der Waals surface area contributed by atoms with Crippen LogP contribution < -0.4 is 10.6 Å². The Morgan fingerprint density at radius 1 is 1.14 bits per heavy atom. The fourth-order valence-electron chi connectivity index (χ4n) is 2.94. The third kappa shape index (κ3) is 4.62. The first kappa shape index (κ1) is 20.9. The van der Waals surface area contributed by atoms with Crippen LogP contribution in [0.15, 0.2) is 47.6 Å². The van der Waals surface area contributed by atoms with Crippen LogP contribution in [0.25, 0.3) is 11.4 Å². The number of carbonyl (C=O) groups is 1. The summed E-state index contributed by atoms with van der Waals surface area (Å²) in [5.74, 6) is 8.17. The second-order valence-electron chi connectivity index (χ2n) is 7.88. The number of hydrogen-bond acceptors (Lipinski definition) is 6. The molecule has 0 saturated carbocycles. The van der Waals surface area contributed by atoms with Crippen LogP contribution >= 0.6 is 11.8 Å². The molecule has 0 aliphatic rings. The van der Waals surface area contributed by atoms with Crippen molar-refractivity contribution in [1.82, 2.24) is 14.9 Å². The van der Waals surface area contributed by atoms with Crippen LogP contribution in [0.3, 0.4) is 0 Å². The van der Waals surface area contributed by atoms with E-state index in [1.807, 2.05) is 24.3 Å². The van der Waals surface area contributed by atoms with Gasteiger partial charge in [0.25, 0.3) is 0 Å². The third-order valence-electron chi connectivity index (χ3n) is 4.72. The van der Waals surface area contributed by atoms with Gasteiger partial charge in [-0.1, -0.05) is 56.8 Å². The summed E-state index contributed by atoms with van der Waals surface area (Å²) in [5, 5.41) is 9.09. The maximum absolute atomic E-state index is 11.7. The molecule has 0 saturated heterocycles. The van der Waals surface area contributed by atoms with Crippen LogP contribution in [0.2, 0.25) is 0 Å². The van der Waals surface area contributed by atoms with Crippen molar-refractivity contribution in [1.29, 1.82) is 0 Å². The predicted octanol–water partition coefficient (Wildman–Crippen LogP) is 4.46. The summed E-state index contributed by atoms with van der Waals surface area (Å²) in [5.41, 5.74) is 3.80. The molecular weight excluding hydrogens is 384 g/mol. The summed E-state index contributed by atoms with van der Waals surface area (Å²) >= 11 is 1.45. The van der Waals surface area contributed by atoms with Gasteiger partial charge in [-0.3, -0.25) is 4.79 Å². The highest BCUT2D eigenvalue weighted by atomic mass is 32.2. The van der Waals surface area contributed by atoms with E-state index in [4.69, 9.17) is 10.6 Å². The smallest absolute Gasteiger partial charge is 0.210 e. The molecule has 0 amide bonds. The summed E-state index contributed by atoms with van der Waals surface area (Å²) in [6.45, 7) is 8.08. The fraction of sp³-hybridized carbons (Fsp3) is 0.318. The molecule has 6 nitrogen and oxygen atoms in total. The number of thioether (sulfide) groups is 1. The van der Waals surface area contributed by atoms with Crippen molar-refractivity contribution in [2.75, 3.05) is 13.0 Å². The first-order chi connectivity index (χ1) is 13.7. The average molecular weight is 411 g/mol. The SMILES string of the molecule is COc1ccc(C(C)=O)cc1CSc1nnc(-c2ccc(C(C)(C)C)cc2)n1N. The minimum absolute atomic E-state index is 0.0156. The van der Waals surface area contributed by atoms with Gasteiger partial charge in [-0.25, -0.2) is 4.68 Å². The van der Waals surface area contributed by atoms with E-state index in [0.717, 1.165) is 16.9 Å². The maximum atomic E-state index is 11.7. The van der Waals surface area contributed by atoms with Crippen LogP contribution in [0.1, 0.15) is 49.2 Å². The number of carbonyl (C=O) groups excluding carboxylic acids is 1. The zero-order chi connectivity index (χ0) is 21.2. The molecule has 0 unspecified atom stereocenters. The molecular formula is C22H26N4O2S. The summed E-state index contributed by atoms with van der Waals surface area (Å²) < 4.78 is 6.91. The second-order valence-corrected chi connectivity index (χ2v) is 8.82. The molecule has 1 heterocycles. The normalized spacial score (nSPS) is 11.5. The molecule has 3 aromatic rings. The van der Waals surface area contributed by atoms with Gasteiger partial charge in [-0.2, -0.15) is 0 Å². The summed E-state index contributed by atoms with van der Waals surface area (Å²) in [7, 11) is 1.61. The number of hydrogen-bond donors (Lipinski definition) is 1. The lowest BCUT2D eigenvalue weighted by Gasteiger charge is -2.19. The lowest BCUT2D eigenvalue weighted by atomic mass is 9.87. The minimum Gasteiger partial charge on any atom is -0.496 e. The molecule has 0 spiro atoms. The maximum Gasteiger partial charge on any atom is 0.210 e.